The standard InChI is InChI=1S/C9H11F3N2O4S/c10-9(11,12)6-18-4-3-14-19(16,17)8-5-13-2-1-7(8)15/h1-2,5,14H,3-4,6H2,(H,13,15). The summed E-state index contributed by atoms with van der Waals surface area (Å²) in [4.78, 5) is 13.2. The lowest BCUT2D eigenvalue weighted by Gasteiger charge is -2.08. The second-order valence-electron chi connectivity index (χ2n) is 3.44. The predicted octanol–water partition coefficient (Wildman–Crippen LogP) is 0.232. The molecule has 0 bridgehead atoms. The third-order valence-electron chi connectivity index (χ3n) is 1.88. The quantitative estimate of drug-likeness (QED) is 0.736. The highest BCUT2D eigenvalue weighted by Gasteiger charge is 2.27. The number of sulfonamides is 1. The number of aromatic amines is 1. The summed E-state index contributed by atoms with van der Waals surface area (Å²) in [7, 11) is -4.06. The summed E-state index contributed by atoms with van der Waals surface area (Å²) in [6.07, 6.45) is -2.22. The fraction of sp³-hybridized carbons (Fsp3) is 0.444. The molecular formula is C9H11F3N2O4S. The van der Waals surface area contributed by atoms with E-state index in [1.54, 1.807) is 0 Å². The van der Waals surface area contributed by atoms with Crippen molar-refractivity contribution in [3.05, 3.63) is 28.7 Å². The lowest BCUT2D eigenvalue weighted by Crippen LogP contribution is -2.31. The molecule has 108 valence electrons. The zero-order chi connectivity index (χ0) is 14.5. The number of nitrogens with one attached hydrogen (secondary N) is 2. The molecule has 0 radical (unpaired) electrons. The minimum atomic E-state index is -4.46. The molecule has 0 aliphatic rings. The van der Waals surface area contributed by atoms with Gasteiger partial charge in [-0.15, -0.1) is 0 Å². The molecule has 0 saturated carbocycles. The largest absolute Gasteiger partial charge is 0.411 e. The maximum atomic E-state index is 11.7. The molecule has 0 aromatic carbocycles. The van der Waals surface area contributed by atoms with Crippen LogP contribution in [0.3, 0.4) is 0 Å². The highest BCUT2D eigenvalue weighted by Crippen LogP contribution is 2.13. The van der Waals surface area contributed by atoms with Crippen molar-refractivity contribution in [2.45, 2.75) is 11.1 Å². The van der Waals surface area contributed by atoms with E-state index in [1.807, 2.05) is 4.72 Å². The van der Waals surface area contributed by atoms with Crippen molar-refractivity contribution < 1.29 is 26.3 Å². The van der Waals surface area contributed by atoms with Gasteiger partial charge in [-0.25, -0.2) is 13.1 Å². The molecule has 0 spiro atoms. The number of hydrogen-bond acceptors (Lipinski definition) is 4. The maximum Gasteiger partial charge on any atom is 0.411 e. The normalized spacial score (nSPS) is 12.6. The highest BCUT2D eigenvalue weighted by atomic mass is 32.2. The molecule has 0 fully saturated rings. The SMILES string of the molecule is O=c1cc[nH]cc1S(=O)(=O)NCCOCC(F)(F)F. The Balaban J connectivity index is 2.49. The van der Waals surface area contributed by atoms with Crippen LogP contribution in [-0.2, 0) is 14.8 Å². The molecule has 0 saturated heterocycles. The molecule has 10 heteroatoms. The van der Waals surface area contributed by atoms with Crippen molar-refractivity contribution >= 4 is 10.0 Å². The number of aromatic nitrogens is 1. The molecule has 0 amide bonds. The fourth-order valence-corrected chi connectivity index (χ4v) is 2.19. The van der Waals surface area contributed by atoms with Crippen molar-refractivity contribution in [2.75, 3.05) is 19.8 Å². The second kappa shape index (κ2) is 6.17. The molecule has 1 heterocycles. The first-order valence-electron chi connectivity index (χ1n) is 5.04. The Morgan fingerprint density at radius 2 is 2.05 bits per heavy atom. The van der Waals surface area contributed by atoms with Gasteiger partial charge in [0, 0.05) is 25.0 Å². The maximum absolute atomic E-state index is 11.7. The van der Waals surface area contributed by atoms with E-state index in [0.29, 0.717) is 0 Å². The van der Waals surface area contributed by atoms with Gasteiger partial charge in [0.05, 0.1) is 6.61 Å². The number of halogens is 3. The average molecular weight is 300 g/mol. The van der Waals surface area contributed by atoms with Gasteiger partial charge in [0.15, 0.2) is 0 Å². The number of rotatable bonds is 6. The molecule has 0 aliphatic heterocycles. The van der Waals surface area contributed by atoms with E-state index in [9.17, 15) is 26.4 Å². The average Bonchev–Trinajstić information content (AvgIpc) is 2.27. The smallest absolute Gasteiger partial charge is 0.371 e. The molecule has 0 unspecified atom stereocenters. The van der Waals surface area contributed by atoms with Gasteiger partial charge in [-0.3, -0.25) is 4.79 Å². The number of hydrogen-bond donors (Lipinski definition) is 2. The van der Waals surface area contributed by atoms with Crippen LogP contribution >= 0.6 is 0 Å². The molecular weight excluding hydrogens is 289 g/mol. The van der Waals surface area contributed by atoms with E-state index in [2.05, 4.69) is 9.72 Å². The monoisotopic (exact) mass is 300 g/mol. The topological polar surface area (TPSA) is 88.3 Å². The Morgan fingerprint density at radius 1 is 1.37 bits per heavy atom. The van der Waals surface area contributed by atoms with Gasteiger partial charge in [-0.1, -0.05) is 0 Å². The first kappa shape index (κ1) is 15.7. The van der Waals surface area contributed by atoms with Crippen LogP contribution in [-0.4, -0.2) is 39.3 Å². The van der Waals surface area contributed by atoms with Crippen molar-refractivity contribution in [1.29, 1.82) is 0 Å². The minimum absolute atomic E-state index is 0.368. The van der Waals surface area contributed by atoms with Gasteiger partial charge in [0.1, 0.15) is 11.5 Å². The Labute approximate surface area is 106 Å². The molecule has 2 N–H and O–H groups in total. The van der Waals surface area contributed by atoms with E-state index in [-0.39, 0.29) is 6.54 Å². The first-order valence-corrected chi connectivity index (χ1v) is 6.52. The zero-order valence-corrected chi connectivity index (χ0v) is 10.3. The molecule has 6 nitrogen and oxygen atoms in total. The molecule has 1 aromatic rings. The Bertz CT molecular complexity index is 567. The first-order chi connectivity index (χ1) is 8.72. The third kappa shape index (κ3) is 5.41. The minimum Gasteiger partial charge on any atom is -0.371 e. The zero-order valence-electron chi connectivity index (χ0n) is 9.53. The van der Waals surface area contributed by atoms with Crippen molar-refractivity contribution in [1.82, 2.24) is 9.71 Å². The number of H-pyrrole nitrogens is 1. The summed E-state index contributed by atoms with van der Waals surface area (Å²) in [5.41, 5.74) is -0.720. The van der Waals surface area contributed by atoms with Crippen molar-refractivity contribution in [3.8, 4) is 0 Å². The van der Waals surface area contributed by atoms with E-state index in [4.69, 9.17) is 0 Å². The second-order valence-corrected chi connectivity index (χ2v) is 5.17. The van der Waals surface area contributed by atoms with E-state index < -0.39 is 39.7 Å². The summed E-state index contributed by atoms with van der Waals surface area (Å²) in [6, 6.07) is 1.02. The van der Waals surface area contributed by atoms with E-state index in [0.717, 1.165) is 12.3 Å². The lowest BCUT2D eigenvalue weighted by atomic mass is 10.5. The van der Waals surface area contributed by atoms with Crippen LogP contribution in [0.4, 0.5) is 13.2 Å². The Kier molecular flexibility index (Phi) is 5.09. The summed E-state index contributed by atoms with van der Waals surface area (Å²) in [5.74, 6) is 0. The Morgan fingerprint density at radius 3 is 2.63 bits per heavy atom. The summed E-state index contributed by atoms with van der Waals surface area (Å²) in [5, 5.41) is 0. The molecule has 0 atom stereocenters. The third-order valence-corrected chi connectivity index (χ3v) is 3.36. The van der Waals surface area contributed by atoms with Crippen LogP contribution in [0.2, 0.25) is 0 Å². The van der Waals surface area contributed by atoms with Gasteiger partial charge in [-0.05, 0) is 0 Å². The van der Waals surface area contributed by atoms with E-state index in [1.165, 1.54) is 6.20 Å². The van der Waals surface area contributed by atoms with E-state index >= 15 is 0 Å². The van der Waals surface area contributed by atoms with Crippen molar-refractivity contribution in [3.63, 3.8) is 0 Å². The molecule has 0 aliphatic carbocycles. The van der Waals surface area contributed by atoms with Gasteiger partial charge < -0.3 is 9.72 Å². The Hall–Kier alpha value is -1.39. The van der Waals surface area contributed by atoms with Gasteiger partial charge in [0.2, 0.25) is 15.5 Å². The summed E-state index contributed by atoms with van der Waals surface area (Å²) in [6.45, 7) is -2.28. The number of pyridine rings is 1. The molecule has 19 heavy (non-hydrogen) atoms. The summed E-state index contributed by atoms with van der Waals surface area (Å²) >= 11 is 0. The van der Waals surface area contributed by atoms with Crippen LogP contribution in [0, 0.1) is 0 Å². The van der Waals surface area contributed by atoms with Crippen molar-refractivity contribution in [2.24, 2.45) is 0 Å². The van der Waals surface area contributed by atoms with Gasteiger partial charge >= 0.3 is 6.18 Å². The van der Waals surface area contributed by atoms with Gasteiger partial charge in [0.25, 0.3) is 0 Å². The number of alkyl halides is 3. The van der Waals surface area contributed by atoms with Crippen LogP contribution in [0.5, 0.6) is 0 Å². The van der Waals surface area contributed by atoms with Crippen LogP contribution in [0.25, 0.3) is 0 Å². The lowest BCUT2D eigenvalue weighted by molar-refractivity contribution is -0.173. The molecule has 1 rings (SSSR count). The highest BCUT2D eigenvalue weighted by molar-refractivity contribution is 7.89. The fourth-order valence-electron chi connectivity index (χ4n) is 1.12. The number of ether oxygens (including phenoxy) is 1. The van der Waals surface area contributed by atoms with Gasteiger partial charge in [-0.2, -0.15) is 13.2 Å². The molecule has 1 aromatic heterocycles. The van der Waals surface area contributed by atoms with Crippen LogP contribution < -0.4 is 10.2 Å². The van der Waals surface area contributed by atoms with Crippen LogP contribution in [0.15, 0.2) is 28.2 Å². The van der Waals surface area contributed by atoms with Crippen LogP contribution in [0.1, 0.15) is 0 Å². The predicted molar refractivity (Wildman–Crippen MR) is 59.1 cm³/mol. The summed E-state index contributed by atoms with van der Waals surface area (Å²) < 4.78 is 64.6.